The second-order valence-electron chi connectivity index (χ2n) is 2.73. The maximum Gasteiger partial charge on any atom is 0.222 e. The molecule has 0 aliphatic rings. The summed E-state index contributed by atoms with van der Waals surface area (Å²) in [6, 6.07) is 0. The molecule has 0 atom stereocenters. The Morgan fingerprint density at radius 3 is 2.64 bits per heavy atom. The number of allylic oxidation sites excluding steroid dienone is 2. The first kappa shape index (κ1) is 10.4. The summed E-state index contributed by atoms with van der Waals surface area (Å²) < 4.78 is 14.5. The third kappa shape index (κ3) is 1.79. The fraction of sp³-hybridized carbons (Fsp3) is 0.200. The van der Waals surface area contributed by atoms with Crippen molar-refractivity contribution >= 4 is 6.29 Å². The van der Waals surface area contributed by atoms with Crippen LogP contribution in [0.4, 0.5) is 4.39 Å². The summed E-state index contributed by atoms with van der Waals surface area (Å²) in [5.41, 5.74) is 0.418. The van der Waals surface area contributed by atoms with Crippen molar-refractivity contribution in [3.8, 4) is 0 Å². The smallest absolute Gasteiger partial charge is 0.222 e. The van der Waals surface area contributed by atoms with Crippen LogP contribution in [-0.4, -0.2) is 16.1 Å². The molecular formula is C10H11FN2O. The Labute approximate surface area is 81.5 Å². The number of carbonyl (C=O) groups excluding carboxylic acids is 1. The molecule has 0 aromatic carbocycles. The van der Waals surface area contributed by atoms with Crippen molar-refractivity contribution in [2.45, 2.75) is 13.0 Å². The van der Waals surface area contributed by atoms with Crippen molar-refractivity contribution in [3.63, 3.8) is 0 Å². The molecule has 0 unspecified atom stereocenters. The van der Waals surface area contributed by atoms with E-state index in [0.29, 0.717) is 18.4 Å². The van der Waals surface area contributed by atoms with Crippen LogP contribution in [0.3, 0.4) is 0 Å². The van der Waals surface area contributed by atoms with E-state index in [-0.39, 0.29) is 12.1 Å². The van der Waals surface area contributed by atoms with Crippen LogP contribution in [0.15, 0.2) is 25.3 Å². The second kappa shape index (κ2) is 4.50. The minimum atomic E-state index is -0.614. The van der Waals surface area contributed by atoms with E-state index in [9.17, 15) is 9.18 Å². The number of aldehydes is 1. The SMILES string of the molecule is C=CCc1nn(CC=C)c(F)c1C=O. The van der Waals surface area contributed by atoms with E-state index in [4.69, 9.17) is 0 Å². The van der Waals surface area contributed by atoms with Crippen molar-refractivity contribution in [2.24, 2.45) is 0 Å². The van der Waals surface area contributed by atoms with E-state index >= 15 is 0 Å². The lowest BCUT2D eigenvalue weighted by molar-refractivity contribution is 0.111. The van der Waals surface area contributed by atoms with Gasteiger partial charge < -0.3 is 0 Å². The predicted octanol–water partition coefficient (Wildman–Crippen LogP) is 1.75. The summed E-state index contributed by atoms with van der Waals surface area (Å²) in [6.45, 7) is 7.23. The standard InChI is InChI=1S/C10H11FN2O/c1-3-5-9-8(7-14)10(11)13(12-9)6-4-2/h3-4,7H,1-2,5-6H2. The molecule has 1 aromatic heterocycles. The fourth-order valence-electron chi connectivity index (χ4n) is 1.15. The van der Waals surface area contributed by atoms with E-state index < -0.39 is 5.95 Å². The molecule has 0 spiro atoms. The molecule has 0 radical (unpaired) electrons. The lowest BCUT2D eigenvalue weighted by atomic mass is 10.2. The molecule has 14 heavy (non-hydrogen) atoms. The normalized spacial score (nSPS) is 9.79. The Morgan fingerprint density at radius 2 is 2.14 bits per heavy atom. The third-order valence-corrected chi connectivity index (χ3v) is 1.76. The molecule has 1 aromatic rings. The lowest BCUT2D eigenvalue weighted by Crippen LogP contribution is -2.01. The van der Waals surface area contributed by atoms with Crippen molar-refractivity contribution in [1.82, 2.24) is 9.78 Å². The van der Waals surface area contributed by atoms with E-state index in [2.05, 4.69) is 18.3 Å². The van der Waals surface area contributed by atoms with Gasteiger partial charge >= 0.3 is 0 Å². The molecule has 74 valence electrons. The van der Waals surface area contributed by atoms with Gasteiger partial charge in [-0.2, -0.15) is 9.49 Å². The summed E-state index contributed by atoms with van der Waals surface area (Å²) in [6.07, 6.45) is 3.95. The van der Waals surface area contributed by atoms with E-state index in [1.54, 1.807) is 6.08 Å². The van der Waals surface area contributed by atoms with Crippen LogP contribution in [0.25, 0.3) is 0 Å². The maximum atomic E-state index is 13.4. The fourth-order valence-corrected chi connectivity index (χ4v) is 1.15. The van der Waals surface area contributed by atoms with E-state index in [0.717, 1.165) is 4.68 Å². The summed E-state index contributed by atoms with van der Waals surface area (Å²) >= 11 is 0. The van der Waals surface area contributed by atoms with Crippen LogP contribution >= 0.6 is 0 Å². The van der Waals surface area contributed by atoms with Crippen LogP contribution in [0, 0.1) is 5.95 Å². The van der Waals surface area contributed by atoms with Crippen molar-refractivity contribution in [1.29, 1.82) is 0 Å². The van der Waals surface area contributed by atoms with Gasteiger partial charge in [0.25, 0.3) is 0 Å². The topological polar surface area (TPSA) is 34.9 Å². The van der Waals surface area contributed by atoms with Crippen LogP contribution in [-0.2, 0) is 13.0 Å². The summed E-state index contributed by atoms with van der Waals surface area (Å²) in [5, 5.41) is 3.93. The Hall–Kier alpha value is -1.71. The van der Waals surface area contributed by atoms with Crippen molar-refractivity contribution in [2.75, 3.05) is 0 Å². The Balaban J connectivity index is 3.15. The highest BCUT2D eigenvalue weighted by Gasteiger charge is 2.15. The van der Waals surface area contributed by atoms with Gasteiger partial charge in [-0.05, 0) is 0 Å². The van der Waals surface area contributed by atoms with Gasteiger partial charge in [0.05, 0.1) is 17.8 Å². The van der Waals surface area contributed by atoms with Gasteiger partial charge in [0.15, 0.2) is 6.29 Å². The number of carbonyl (C=O) groups is 1. The highest BCUT2D eigenvalue weighted by molar-refractivity contribution is 5.76. The maximum absolute atomic E-state index is 13.4. The molecule has 1 heterocycles. The number of aromatic nitrogens is 2. The Bertz CT molecular complexity index is 368. The zero-order valence-electron chi connectivity index (χ0n) is 7.74. The first-order valence-corrected chi connectivity index (χ1v) is 4.16. The molecule has 0 aliphatic heterocycles. The second-order valence-corrected chi connectivity index (χ2v) is 2.73. The van der Waals surface area contributed by atoms with Gasteiger partial charge in [-0.15, -0.1) is 13.2 Å². The highest BCUT2D eigenvalue weighted by atomic mass is 19.1. The number of nitrogens with zero attached hydrogens (tertiary/aromatic N) is 2. The first-order chi connectivity index (χ1) is 6.74. The molecule has 0 saturated carbocycles. The first-order valence-electron chi connectivity index (χ1n) is 4.16. The van der Waals surface area contributed by atoms with Crippen molar-refractivity contribution in [3.05, 3.63) is 42.5 Å². The average molecular weight is 194 g/mol. The van der Waals surface area contributed by atoms with Crippen LogP contribution in [0.1, 0.15) is 16.1 Å². The molecule has 0 N–H and O–H groups in total. The zero-order chi connectivity index (χ0) is 10.6. The van der Waals surface area contributed by atoms with Crippen LogP contribution in [0.2, 0.25) is 0 Å². The molecule has 0 saturated heterocycles. The number of rotatable bonds is 5. The van der Waals surface area contributed by atoms with Gasteiger partial charge in [0.1, 0.15) is 0 Å². The molecule has 0 aliphatic carbocycles. The minimum Gasteiger partial charge on any atom is -0.298 e. The lowest BCUT2D eigenvalue weighted by Gasteiger charge is -1.94. The quantitative estimate of drug-likeness (QED) is 0.528. The van der Waals surface area contributed by atoms with Crippen LogP contribution < -0.4 is 0 Å². The number of hydrogen-bond donors (Lipinski definition) is 0. The van der Waals surface area contributed by atoms with Crippen LogP contribution in [0.5, 0.6) is 0 Å². The summed E-state index contributed by atoms with van der Waals surface area (Å²) in [4.78, 5) is 10.6. The molecular weight excluding hydrogens is 183 g/mol. The zero-order valence-corrected chi connectivity index (χ0v) is 7.74. The minimum absolute atomic E-state index is 0.00625. The summed E-state index contributed by atoms with van der Waals surface area (Å²) in [7, 11) is 0. The molecule has 0 fully saturated rings. The Kier molecular flexibility index (Phi) is 3.34. The molecule has 4 heteroatoms. The highest BCUT2D eigenvalue weighted by Crippen LogP contribution is 2.11. The van der Waals surface area contributed by atoms with Gasteiger partial charge in [0.2, 0.25) is 5.95 Å². The monoisotopic (exact) mass is 194 g/mol. The summed E-state index contributed by atoms with van der Waals surface area (Å²) in [5.74, 6) is -0.614. The van der Waals surface area contributed by atoms with E-state index in [1.165, 1.54) is 6.08 Å². The number of halogens is 1. The largest absolute Gasteiger partial charge is 0.298 e. The third-order valence-electron chi connectivity index (χ3n) is 1.76. The molecule has 1 rings (SSSR count). The predicted molar refractivity (Wildman–Crippen MR) is 51.7 cm³/mol. The molecule has 0 bridgehead atoms. The molecule has 3 nitrogen and oxygen atoms in total. The van der Waals surface area contributed by atoms with Gasteiger partial charge in [-0.3, -0.25) is 4.79 Å². The van der Waals surface area contributed by atoms with Gasteiger partial charge in [-0.1, -0.05) is 12.2 Å². The van der Waals surface area contributed by atoms with Gasteiger partial charge in [0, 0.05) is 6.42 Å². The molecule has 0 amide bonds. The number of hydrogen-bond acceptors (Lipinski definition) is 2. The van der Waals surface area contributed by atoms with E-state index in [1.807, 2.05) is 0 Å². The Morgan fingerprint density at radius 1 is 1.43 bits per heavy atom. The van der Waals surface area contributed by atoms with Crippen molar-refractivity contribution < 1.29 is 9.18 Å². The van der Waals surface area contributed by atoms with Gasteiger partial charge in [-0.25, -0.2) is 4.68 Å². The average Bonchev–Trinajstić information content (AvgIpc) is 2.45.